The number of hydrogen-bond acceptors (Lipinski definition) is 4. The lowest BCUT2D eigenvalue weighted by molar-refractivity contribution is -0.132. The number of rotatable bonds is 6. The van der Waals surface area contributed by atoms with E-state index in [2.05, 4.69) is 5.32 Å². The molecule has 1 N–H and O–H groups in total. The summed E-state index contributed by atoms with van der Waals surface area (Å²) in [6.45, 7) is 7.54. The molecule has 1 saturated heterocycles. The summed E-state index contributed by atoms with van der Waals surface area (Å²) in [6, 6.07) is 4.68. The zero-order valence-corrected chi connectivity index (χ0v) is 17.4. The van der Waals surface area contributed by atoms with Crippen LogP contribution in [0.5, 0.6) is 0 Å². The minimum absolute atomic E-state index is 0.00351. The molecule has 0 saturated carbocycles. The summed E-state index contributed by atoms with van der Waals surface area (Å²) in [7, 11) is 0. The van der Waals surface area contributed by atoms with Crippen LogP contribution in [0.15, 0.2) is 18.2 Å². The summed E-state index contributed by atoms with van der Waals surface area (Å²) in [4.78, 5) is 52.8. The molecule has 0 unspecified atom stereocenters. The molecule has 0 spiro atoms. The average molecular weight is 399 g/mol. The Morgan fingerprint density at radius 3 is 2.38 bits per heavy atom. The van der Waals surface area contributed by atoms with Gasteiger partial charge in [0.15, 0.2) is 0 Å². The second-order valence-electron chi connectivity index (χ2n) is 8.25. The van der Waals surface area contributed by atoms with Crippen molar-refractivity contribution in [3.05, 3.63) is 34.9 Å². The predicted molar refractivity (Wildman–Crippen MR) is 109 cm³/mol. The van der Waals surface area contributed by atoms with Gasteiger partial charge in [-0.3, -0.25) is 24.1 Å². The summed E-state index contributed by atoms with van der Waals surface area (Å²) >= 11 is 0. The molecule has 0 atom stereocenters. The van der Waals surface area contributed by atoms with E-state index in [0.717, 1.165) is 6.42 Å². The van der Waals surface area contributed by atoms with Crippen LogP contribution in [0.25, 0.3) is 0 Å². The fraction of sp³-hybridized carbons (Fsp3) is 0.545. The lowest BCUT2D eigenvalue weighted by Gasteiger charge is -2.32. The quantitative estimate of drug-likeness (QED) is 0.745. The third-order valence-electron chi connectivity index (χ3n) is 5.43. The second kappa shape index (κ2) is 8.76. The smallest absolute Gasteiger partial charge is 0.261 e. The van der Waals surface area contributed by atoms with Crippen LogP contribution in [0.1, 0.15) is 77.5 Å². The van der Waals surface area contributed by atoms with Crippen LogP contribution in [0, 0.1) is 5.92 Å². The van der Waals surface area contributed by atoms with Crippen molar-refractivity contribution >= 4 is 23.6 Å². The number of benzene rings is 1. The highest BCUT2D eigenvalue weighted by molar-refractivity contribution is 6.22. The maximum atomic E-state index is 12.7. The molecule has 0 aromatic heterocycles. The van der Waals surface area contributed by atoms with Gasteiger partial charge in [-0.15, -0.1) is 0 Å². The summed E-state index contributed by atoms with van der Waals surface area (Å²) in [6.07, 6.45) is 2.83. The van der Waals surface area contributed by atoms with E-state index in [1.165, 1.54) is 11.0 Å². The van der Waals surface area contributed by atoms with E-state index in [9.17, 15) is 19.2 Å². The number of piperidine rings is 1. The van der Waals surface area contributed by atoms with E-state index in [1.807, 2.05) is 25.7 Å². The molecule has 1 fully saturated rings. The highest BCUT2D eigenvalue weighted by Crippen LogP contribution is 2.25. The molecule has 29 heavy (non-hydrogen) atoms. The van der Waals surface area contributed by atoms with E-state index in [-0.39, 0.29) is 35.6 Å². The Kier molecular flexibility index (Phi) is 6.35. The van der Waals surface area contributed by atoms with Gasteiger partial charge in [-0.25, -0.2) is 0 Å². The van der Waals surface area contributed by atoms with Gasteiger partial charge in [-0.05, 0) is 43.4 Å². The average Bonchev–Trinajstić information content (AvgIpc) is 2.92. The number of imide groups is 1. The zero-order valence-electron chi connectivity index (χ0n) is 17.4. The Labute approximate surface area is 171 Å². The molecule has 1 aromatic rings. The van der Waals surface area contributed by atoms with Gasteiger partial charge in [0.25, 0.3) is 17.7 Å². The van der Waals surface area contributed by atoms with Crippen molar-refractivity contribution < 1.29 is 19.2 Å². The van der Waals surface area contributed by atoms with E-state index in [4.69, 9.17) is 0 Å². The van der Waals surface area contributed by atoms with Gasteiger partial charge >= 0.3 is 0 Å². The van der Waals surface area contributed by atoms with Crippen molar-refractivity contribution in [2.75, 3.05) is 19.6 Å². The van der Waals surface area contributed by atoms with Crippen LogP contribution < -0.4 is 5.32 Å². The van der Waals surface area contributed by atoms with Gasteiger partial charge < -0.3 is 10.2 Å². The van der Waals surface area contributed by atoms with Crippen molar-refractivity contribution in [2.45, 2.75) is 52.5 Å². The predicted octanol–water partition coefficient (Wildman–Crippen LogP) is 2.46. The molecule has 0 aliphatic carbocycles. The van der Waals surface area contributed by atoms with Crippen molar-refractivity contribution in [2.24, 2.45) is 5.92 Å². The molecule has 2 aliphatic heterocycles. The lowest BCUT2D eigenvalue weighted by atomic mass is 10.0. The normalized spacial score (nSPS) is 17.1. The Bertz CT molecular complexity index is 825. The SMILES string of the molecule is CCCC(=O)N1CCC(NC(=O)c2ccc3c(c2)C(=O)N(CC(C)C)C3=O)CC1. The number of carbonyl (C=O) groups excluding carboxylic acids is 4. The Hall–Kier alpha value is -2.70. The third-order valence-corrected chi connectivity index (χ3v) is 5.43. The fourth-order valence-electron chi connectivity index (χ4n) is 3.88. The minimum Gasteiger partial charge on any atom is -0.349 e. The van der Waals surface area contributed by atoms with Crippen LogP contribution in [0.4, 0.5) is 0 Å². The van der Waals surface area contributed by atoms with Gasteiger partial charge in [-0.2, -0.15) is 0 Å². The Morgan fingerprint density at radius 2 is 1.76 bits per heavy atom. The van der Waals surface area contributed by atoms with Crippen LogP contribution >= 0.6 is 0 Å². The fourth-order valence-corrected chi connectivity index (χ4v) is 3.88. The molecule has 1 aromatic carbocycles. The van der Waals surface area contributed by atoms with E-state index < -0.39 is 0 Å². The van der Waals surface area contributed by atoms with E-state index >= 15 is 0 Å². The lowest BCUT2D eigenvalue weighted by Crippen LogP contribution is -2.46. The highest BCUT2D eigenvalue weighted by Gasteiger charge is 2.36. The van der Waals surface area contributed by atoms with Crippen molar-refractivity contribution in [1.82, 2.24) is 15.1 Å². The summed E-state index contributed by atoms with van der Waals surface area (Å²) in [5, 5.41) is 3.00. The van der Waals surface area contributed by atoms with Crippen molar-refractivity contribution in [3.63, 3.8) is 0 Å². The summed E-state index contributed by atoms with van der Waals surface area (Å²) in [5.74, 6) is -0.542. The number of nitrogens with zero attached hydrogens (tertiary/aromatic N) is 2. The minimum atomic E-state index is -0.337. The van der Waals surface area contributed by atoms with Crippen molar-refractivity contribution in [3.8, 4) is 0 Å². The van der Waals surface area contributed by atoms with Gasteiger partial charge in [0.2, 0.25) is 5.91 Å². The molecule has 2 aliphatic rings. The van der Waals surface area contributed by atoms with Crippen LogP contribution in [-0.4, -0.2) is 59.1 Å². The first kappa shape index (κ1) is 21.0. The van der Waals surface area contributed by atoms with Gasteiger partial charge in [-0.1, -0.05) is 20.8 Å². The Morgan fingerprint density at radius 1 is 1.10 bits per heavy atom. The first-order valence-corrected chi connectivity index (χ1v) is 10.4. The van der Waals surface area contributed by atoms with Crippen molar-refractivity contribution in [1.29, 1.82) is 0 Å². The van der Waals surface area contributed by atoms with Crippen LogP contribution in [0.2, 0.25) is 0 Å². The van der Waals surface area contributed by atoms with E-state index in [0.29, 0.717) is 55.6 Å². The number of likely N-dealkylation sites (tertiary alicyclic amines) is 1. The van der Waals surface area contributed by atoms with Gasteiger partial charge in [0.1, 0.15) is 0 Å². The van der Waals surface area contributed by atoms with Gasteiger partial charge in [0, 0.05) is 37.7 Å². The zero-order chi connectivity index (χ0) is 21.1. The molecule has 2 heterocycles. The number of amides is 4. The molecule has 0 radical (unpaired) electrons. The molecule has 0 bridgehead atoms. The first-order valence-electron chi connectivity index (χ1n) is 10.4. The third kappa shape index (κ3) is 4.49. The molecular formula is C22H29N3O4. The first-order chi connectivity index (χ1) is 13.8. The summed E-state index contributed by atoms with van der Waals surface area (Å²) in [5.41, 5.74) is 1.03. The largest absolute Gasteiger partial charge is 0.349 e. The topological polar surface area (TPSA) is 86.8 Å². The van der Waals surface area contributed by atoms with Crippen LogP contribution in [-0.2, 0) is 4.79 Å². The van der Waals surface area contributed by atoms with E-state index in [1.54, 1.807) is 12.1 Å². The maximum Gasteiger partial charge on any atom is 0.261 e. The molecule has 156 valence electrons. The second-order valence-corrected chi connectivity index (χ2v) is 8.25. The standard InChI is InChI=1S/C22H29N3O4/c1-4-5-19(26)24-10-8-16(9-11-24)23-20(27)15-6-7-17-18(12-15)22(29)25(21(17)28)13-14(2)3/h6-7,12,14,16H,4-5,8-11,13H2,1-3H3,(H,23,27). The monoisotopic (exact) mass is 399 g/mol. The van der Waals surface area contributed by atoms with Gasteiger partial charge in [0.05, 0.1) is 11.1 Å². The number of carbonyl (C=O) groups is 4. The Balaban J connectivity index is 1.63. The molecule has 3 rings (SSSR count). The van der Waals surface area contributed by atoms with Crippen LogP contribution in [0.3, 0.4) is 0 Å². The number of nitrogens with one attached hydrogen (secondary N) is 1. The number of fused-ring (bicyclic) bond motifs is 1. The molecule has 4 amide bonds. The molecular weight excluding hydrogens is 370 g/mol. The molecule has 7 nitrogen and oxygen atoms in total. The molecule has 7 heteroatoms. The maximum absolute atomic E-state index is 12.7. The summed E-state index contributed by atoms with van der Waals surface area (Å²) < 4.78 is 0. The highest BCUT2D eigenvalue weighted by atomic mass is 16.2. The number of hydrogen-bond donors (Lipinski definition) is 1.